The number of carbonyl (C=O) groups excluding carboxylic acids is 3. The first-order chi connectivity index (χ1) is 13.4. The smallest absolute Gasteiger partial charge is 0.305 e. The second kappa shape index (κ2) is 7.87. The number of aryl methyl sites for hydroxylation is 1. The third-order valence-electron chi connectivity index (χ3n) is 3.95. The van der Waals surface area contributed by atoms with Crippen LogP contribution in [0.15, 0.2) is 46.9 Å². The Bertz CT molecular complexity index is 1080. The molecule has 0 unspecified atom stereocenters. The monoisotopic (exact) mass is 387 g/mol. The van der Waals surface area contributed by atoms with Crippen LogP contribution in [0.5, 0.6) is 0 Å². The van der Waals surface area contributed by atoms with Gasteiger partial charge in [-0.1, -0.05) is 18.2 Å². The summed E-state index contributed by atoms with van der Waals surface area (Å²) >= 11 is 0. The van der Waals surface area contributed by atoms with Gasteiger partial charge in [0.25, 0.3) is 11.8 Å². The van der Waals surface area contributed by atoms with Crippen molar-refractivity contribution in [2.75, 3.05) is 6.54 Å². The van der Waals surface area contributed by atoms with Crippen LogP contribution in [-0.2, 0) is 4.79 Å². The number of benzene rings is 2. The first kappa shape index (κ1) is 19.0. The van der Waals surface area contributed by atoms with Crippen molar-refractivity contribution in [3.8, 4) is 0 Å². The summed E-state index contributed by atoms with van der Waals surface area (Å²) < 4.78 is 31.8. The SMILES string of the molecule is Cc1c(C(=O)NNC(=O)CNC(=O)c2ccc(F)cc2F)oc2ccccc12. The van der Waals surface area contributed by atoms with E-state index in [1.54, 1.807) is 31.2 Å². The lowest BCUT2D eigenvalue weighted by molar-refractivity contribution is -0.120. The molecule has 0 bridgehead atoms. The Morgan fingerprint density at radius 1 is 1.00 bits per heavy atom. The zero-order valence-corrected chi connectivity index (χ0v) is 14.6. The van der Waals surface area contributed by atoms with E-state index in [1.165, 1.54) is 0 Å². The Hall–Kier alpha value is -3.75. The highest BCUT2D eigenvalue weighted by atomic mass is 19.1. The zero-order valence-electron chi connectivity index (χ0n) is 14.6. The lowest BCUT2D eigenvalue weighted by Gasteiger charge is -2.08. The van der Waals surface area contributed by atoms with Crippen LogP contribution in [0.2, 0.25) is 0 Å². The molecule has 144 valence electrons. The summed E-state index contributed by atoms with van der Waals surface area (Å²) in [5, 5.41) is 2.94. The van der Waals surface area contributed by atoms with Crippen LogP contribution in [0.1, 0.15) is 26.5 Å². The quantitative estimate of drug-likeness (QED) is 0.598. The molecule has 0 aliphatic rings. The van der Waals surface area contributed by atoms with Crippen molar-refractivity contribution in [1.82, 2.24) is 16.2 Å². The Balaban J connectivity index is 1.54. The van der Waals surface area contributed by atoms with E-state index < -0.39 is 41.5 Å². The van der Waals surface area contributed by atoms with Crippen molar-refractivity contribution in [1.29, 1.82) is 0 Å². The fraction of sp³-hybridized carbons (Fsp3) is 0.105. The van der Waals surface area contributed by atoms with Gasteiger partial charge in [0.15, 0.2) is 5.76 Å². The molecular weight excluding hydrogens is 372 g/mol. The standard InChI is InChI=1S/C19H15F2N3O4/c1-10-12-4-2-3-5-15(12)28-17(10)19(27)24-23-16(25)9-22-18(26)13-7-6-11(20)8-14(13)21/h2-8H,9H2,1H3,(H,22,26)(H,23,25)(H,24,27). The third-order valence-corrected chi connectivity index (χ3v) is 3.95. The maximum Gasteiger partial charge on any atom is 0.305 e. The maximum atomic E-state index is 13.5. The summed E-state index contributed by atoms with van der Waals surface area (Å²) in [7, 11) is 0. The highest BCUT2D eigenvalue weighted by molar-refractivity contribution is 6.00. The van der Waals surface area contributed by atoms with Gasteiger partial charge in [-0.05, 0) is 25.1 Å². The largest absolute Gasteiger partial charge is 0.451 e. The first-order valence-corrected chi connectivity index (χ1v) is 8.17. The normalized spacial score (nSPS) is 10.5. The molecule has 28 heavy (non-hydrogen) atoms. The number of hydrogen-bond donors (Lipinski definition) is 3. The van der Waals surface area contributed by atoms with Crippen molar-refractivity contribution in [3.63, 3.8) is 0 Å². The van der Waals surface area contributed by atoms with Crippen LogP contribution < -0.4 is 16.2 Å². The van der Waals surface area contributed by atoms with Crippen molar-refractivity contribution in [2.45, 2.75) is 6.92 Å². The molecule has 0 aliphatic carbocycles. The average molecular weight is 387 g/mol. The average Bonchev–Trinajstić information content (AvgIpc) is 3.01. The molecule has 0 saturated heterocycles. The second-order valence-electron chi connectivity index (χ2n) is 5.86. The Morgan fingerprint density at radius 2 is 1.75 bits per heavy atom. The van der Waals surface area contributed by atoms with Crippen LogP contribution in [-0.4, -0.2) is 24.3 Å². The van der Waals surface area contributed by atoms with Crippen LogP contribution >= 0.6 is 0 Å². The van der Waals surface area contributed by atoms with E-state index in [4.69, 9.17) is 4.42 Å². The van der Waals surface area contributed by atoms with E-state index in [0.717, 1.165) is 17.5 Å². The van der Waals surface area contributed by atoms with E-state index in [0.29, 0.717) is 17.2 Å². The number of hydrazine groups is 1. The molecule has 3 N–H and O–H groups in total. The van der Waals surface area contributed by atoms with Gasteiger partial charge in [0.05, 0.1) is 12.1 Å². The Labute approximate surface area is 157 Å². The number of fused-ring (bicyclic) bond motifs is 1. The molecule has 1 heterocycles. The summed E-state index contributed by atoms with van der Waals surface area (Å²) in [6.45, 7) is 1.18. The number of nitrogens with one attached hydrogen (secondary N) is 3. The molecule has 0 spiro atoms. The van der Waals surface area contributed by atoms with Crippen LogP contribution in [0, 0.1) is 18.6 Å². The summed E-state index contributed by atoms with van der Waals surface area (Å²) in [5.74, 6) is -4.15. The summed E-state index contributed by atoms with van der Waals surface area (Å²) in [5.41, 5.74) is 5.03. The fourth-order valence-electron chi connectivity index (χ4n) is 2.55. The zero-order chi connectivity index (χ0) is 20.3. The number of amides is 3. The number of hydrogen-bond acceptors (Lipinski definition) is 4. The van der Waals surface area contributed by atoms with Gasteiger partial charge in [0, 0.05) is 17.0 Å². The highest BCUT2D eigenvalue weighted by Gasteiger charge is 2.18. The number of carbonyl (C=O) groups is 3. The molecule has 1 aromatic heterocycles. The molecule has 0 fully saturated rings. The third kappa shape index (κ3) is 3.98. The molecule has 0 atom stereocenters. The number of furan rings is 1. The van der Waals surface area contributed by atoms with Gasteiger partial charge in [-0.25, -0.2) is 8.78 Å². The van der Waals surface area contributed by atoms with Gasteiger partial charge in [-0.15, -0.1) is 0 Å². The highest BCUT2D eigenvalue weighted by Crippen LogP contribution is 2.24. The lowest BCUT2D eigenvalue weighted by atomic mass is 10.1. The molecule has 7 nitrogen and oxygen atoms in total. The van der Waals surface area contributed by atoms with Gasteiger partial charge in [0.1, 0.15) is 17.2 Å². The topological polar surface area (TPSA) is 100 Å². The van der Waals surface area contributed by atoms with E-state index in [1.807, 2.05) is 0 Å². The predicted octanol–water partition coefficient (Wildman–Crippen LogP) is 2.21. The second-order valence-corrected chi connectivity index (χ2v) is 5.86. The predicted molar refractivity (Wildman–Crippen MR) is 95.3 cm³/mol. The van der Waals surface area contributed by atoms with E-state index >= 15 is 0 Å². The van der Waals surface area contributed by atoms with Crippen molar-refractivity contribution < 1.29 is 27.6 Å². The van der Waals surface area contributed by atoms with Crippen LogP contribution in [0.3, 0.4) is 0 Å². The van der Waals surface area contributed by atoms with Gasteiger partial charge in [-0.2, -0.15) is 0 Å². The maximum absolute atomic E-state index is 13.5. The van der Waals surface area contributed by atoms with Crippen molar-refractivity contribution in [3.05, 3.63) is 71.0 Å². The first-order valence-electron chi connectivity index (χ1n) is 8.17. The minimum absolute atomic E-state index is 0.0407. The minimum Gasteiger partial charge on any atom is -0.451 e. The molecule has 0 radical (unpaired) electrons. The van der Waals surface area contributed by atoms with Crippen molar-refractivity contribution in [2.24, 2.45) is 0 Å². The van der Waals surface area contributed by atoms with Crippen molar-refractivity contribution >= 4 is 28.7 Å². The summed E-state index contributed by atoms with van der Waals surface area (Å²) in [6, 6.07) is 9.53. The Morgan fingerprint density at radius 3 is 2.46 bits per heavy atom. The van der Waals surface area contributed by atoms with Crippen LogP contribution in [0.4, 0.5) is 8.78 Å². The molecule has 2 aromatic carbocycles. The van der Waals surface area contributed by atoms with E-state index in [-0.39, 0.29) is 5.76 Å². The molecule has 3 aromatic rings. The number of halogens is 2. The summed E-state index contributed by atoms with van der Waals surface area (Å²) in [6.07, 6.45) is 0. The molecule has 0 aliphatic heterocycles. The van der Waals surface area contributed by atoms with E-state index in [2.05, 4.69) is 16.2 Å². The molecule has 0 saturated carbocycles. The Kier molecular flexibility index (Phi) is 5.35. The van der Waals surface area contributed by atoms with Gasteiger partial charge in [-0.3, -0.25) is 25.2 Å². The van der Waals surface area contributed by atoms with E-state index in [9.17, 15) is 23.2 Å². The van der Waals surface area contributed by atoms with Gasteiger partial charge >= 0.3 is 5.91 Å². The molecule has 3 amide bonds. The molecular formula is C19H15F2N3O4. The van der Waals surface area contributed by atoms with Crippen LogP contribution in [0.25, 0.3) is 11.0 Å². The fourth-order valence-corrected chi connectivity index (χ4v) is 2.55. The number of rotatable bonds is 4. The lowest BCUT2D eigenvalue weighted by Crippen LogP contribution is -2.46. The summed E-state index contributed by atoms with van der Waals surface area (Å²) in [4.78, 5) is 35.8. The van der Waals surface area contributed by atoms with Gasteiger partial charge < -0.3 is 9.73 Å². The number of para-hydroxylation sites is 1. The minimum atomic E-state index is -1.05. The van der Waals surface area contributed by atoms with Gasteiger partial charge in [0.2, 0.25) is 0 Å². The molecule has 3 rings (SSSR count). The molecule has 9 heteroatoms.